The third kappa shape index (κ3) is 4.34. The molecule has 0 fully saturated rings. The molecule has 0 bridgehead atoms. The van der Waals surface area contributed by atoms with E-state index < -0.39 is 16.1 Å². The molecule has 0 aromatic heterocycles. The van der Waals surface area contributed by atoms with Gasteiger partial charge in [-0.15, -0.1) is 0 Å². The van der Waals surface area contributed by atoms with Crippen LogP contribution in [0.2, 0.25) is 0 Å². The maximum Gasteiger partial charge on any atom is 0.341 e. The molecule has 6 heteroatoms. The van der Waals surface area contributed by atoms with Crippen molar-refractivity contribution in [1.29, 1.82) is 0 Å². The molecule has 1 radical (unpaired) electrons. The molecule has 0 saturated carbocycles. The fourth-order valence-electron chi connectivity index (χ4n) is 0.908. The van der Waals surface area contributed by atoms with Gasteiger partial charge in [0.2, 0.25) is 0 Å². The molecule has 4 nitrogen and oxygen atoms in total. The molecule has 77 valence electrons. The summed E-state index contributed by atoms with van der Waals surface area (Å²) in [6.45, 7) is 2.88. The Morgan fingerprint density at radius 1 is 1.20 bits per heavy atom. The zero-order valence-corrected chi connectivity index (χ0v) is 11.7. The average Bonchev–Trinajstić information content (AvgIpc) is 2.02. The zero-order chi connectivity index (χ0) is 10.8. The average molecular weight is 237 g/mol. The van der Waals surface area contributed by atoms with Crippen LogP contribution in [-0.4, -0.2) is 43.9 Å². The molecule has 1 rings (SSSR count). The first-order valence-corrected chi connectivity index (χ1v) is 5.34. The summed E-state index contributed by atoms with van der Waals surface area (Å²) in [4.78, 5) is 10.5. The second-order valence-corrected chi connectivity index (χ2v) is 4.39. The molecule has 0 N–H and O–H groups in total. The summed E-state index contributed by atoms with van der Waals surface area (Å²) in [6.07, 6.45) is 0. The molecule has 0 heterocycles. The van der Waals surface area contributed by atoms with E-state index in [0.29, 0.717) is 0 Å². The minimum absolute atomic E-state index is 0. The number of carbonyl (C=O) groups excluding carboxylic acids is 1. The van der Waals surface area contributed by atoms with E-state index in [0.717, 1.165) is 12.5 Å². The van der Waals surface area contributed by atoms with Gasteiger partial charge in [0.15, 0.2) is 0 Å². The Morgan fingerprint density at radius 2 is 1.67 bits per heavy atom. The van der Waals surface area contributed by atoms with Crippen molar-refractivity contribution in [3.8, 4) is 0 Å². The van der Waals surface area contributed by atoms with Crippen molar-refractivity contribution >= 4 is 45.6 Å². The fourth-order valence-corrected chi connectivity index (χ4v) is 1.78. The van der Waals surface area contributed by atoms with Crippen LogP contribution in [-0.2, 0) is 19.1 Å². The van der Waals surface area contributed by atoms with Gasteiger partial charge in [-0.05, 0) is 19.1 Å². The third-order valence-electron chi connectivity index (χ3n) is 1.54. The molecular weight excluding hydrogens is 227 g/mol. The summed E-state index contributed by atoms with van der Waals surface area (Å²) in [5, 5.41) is 0. The molecule has 1 aromatic carbocycles. The molecule has 0 aliphatic carbocycles. The standard InChI is InChI=1S/C9H10O4S.Na/c1-7-3-5-9(6-4-7)14(11,12)13-8(2)10;/h3-6H,1-2H3;. The molecule has 0 aliphatic heterocycles. The van der Waals surface area contributed by atoms with Crippen molar-refractivity contribution in [2.24, 2.45) is 0 Å². The number of hydrogen-bond acceptors (Lipinski definition) is 4. The Labute approximate surface area is 111 Å². The zero-order valence-electron chi connectivity index (χ0n) is 8.85. The van der Waals surface area contributed by atoms with Crippen molar-refractivity contribution in [2.45, 2.75) is 18.7 Å². The summed E-state index contributed by atoms with van der Waals surface area (Å²) in [6, 6.07) is 6.06. The molecule has 0 unspecified atom stereocenters. The van der Waals surface area contributed by atoms with Gasteiger partial charge in [0.25, 0.3) is 0 Å². The topological polar surface area (TPSA) is 60.4 Å². The van der Waals surface area contributed by atoms with Gasteiger partial charge in [-0.25, -0.2) is 0 Å². The summed E-state index contributed by atoms with van der Waals surface area (Å²) in [7, 11) is -3.93. The third-order valence-corrected chi connectivity index (χ3v) is 2.84. The Morgan fingerprint density at radius 3 is 2.07 bits per heavy atom. The maximum atomic E-state index is 11.3. The van der Waals surface area contributed by atoms with Crippen molar-refractivity contribution < 1.29 is 17.4 Å². The predicted octanol–water partition coefficient (Wildman–Crippen LogP) is 0.866. The van der Waals surface area contributed by atoms with Gasteiger partial charge in [-0.2, -0.15) is 8.42 Å². The number of hydrogen-bond donors (Lipinski definition) is 0. The molecule has 1 aromatic rings. The maximum absolute atomic E-state index is 11.3. The summed E-state index contributed by atoms with van der Waals surface area (Å²) in [5.41, 5.74) is 0.937. The van der Waals surface area contributed by atoms with Crippen molar-refractivity contribution in [2.75, 3.05) is 0 Å². The Hall–Kier alpha value is -0.360. The Bertz CT molecular complexity index is 436. The van der Waals surface area contributed by atoms with Crippen molar-refractivity contribution in [1.82, 2.24) is 0 Å². The summed E-state index contributed by atoms with van der Waals surface area (Å²) < 4.78 is 26.8. The van der Waals surface area contributed by atoms with Crippen molar-refractivity contribution in [3.63, 3.8) is 0 Å². The summed E-state index contributed by atoms with van der Waals surface area (Å²) in [5.74, 6) is -0.842. The van der Waals surface area contributed by atoms with E-state index in [4.69, 9.17) is 0 Å². The van der Waals surface area contributed by atoms with Crippen LogP contribution in [0, 0.1) is 6.92 Å². The van der Waals surface area contributed by atoms with Crippen LogP contribution in [0.1, 0.15) is 12.5 Å². The van der Waals surface area contributed by atoms with Crippen LogP contribution >= 0.6 is 0 Å². The molecule has 0 atom stereocenters. The van der Waals surface area contributed by atoms with E-state index in [1.54, 1.807) is 12.1 Å². The molecule has 0 aliphatic rings. The SMILES string of the molecule is CC(=O)OS(=O)(=O)c1ccc(C)cc1.[Na]. The normalized spacial score (nSPS) is 10.3. The molecular formula is C9H10NaO4S. The Balaban J connectivity index is 0.00000196. The van der Waals surface area contributed by atoms with E-state index in [1.165, 1.54) is 12.1 Å². The minimum Gasteiger partial charge on any atom is -0.343 e. The van der Waals surface area contributed by atoms with Gasteiger partial charge in [-0.3, -0.25) is 4.79 Å². The number of carbonyl (C=O) groups is 1. The van der Waals surface area contributed by atoms with E-state index >= 15 is 0 Å². The molecule has 15 heavy (non-hydrogen) atoms. The van der Waals surface area contributed by atoms with Gasteiger partial charge in [0.05, 0.1) is 0 Å². The Kier molecular flexibility index (Phi) is 5.51. The first-order chi connectivity index (χ1) is 6.42. The second-order valence-electron chi connectivity index (χ2n) is 2.84. The molecule has 0 saturated heterocycles. The molecule has 0 amide bonds. The van der Waals surface area contributed by atoms with E-state index in [9.17, 15) is 13.2 Å². The van der Waals surface area contributed by atoms with Crippen LogP contribution < -0.4 is 0 Å². The molecule has 0 spiro atoms. The first-order valence-electron chi connectivity index (χ1n) is 3.93. The quantitative estimate of drug-likeness (QED) is 0.565. The van der Waals surface area contributed by atoms with Crippen LogP contribution in [0.4, 0.5) is 0 Å². The second kappa shape index (κ2) is 5.65. The smallest absolute Gasteiger partial charge is 0.341 e. The number of benzene rings is 1. The predicted molar refractivity (Wildman–Crippen MR) is 55.9 cm³/mol. The largest absolute Gasteiger partial charge is 0.343 e. The van der Waals surface area contributed by atoms with Gasteiger partial charge in [0.1, 0.15) is 4.90 Å². The minimum atomic E-state index is -3.93. The van der Waals surface area contributed by atoms with E-state index in [1.807, 2.05) is 6.92 Å². The fraction of sp³-hybridized carbons (Fsp3) is 0.222. The van der Waals surface area contributed by atoms with Crippen LogP contribution in [0.3, 0.4) is 0 Å². The first kappa shape index (κ1) is 14.6. The van der Waals surface area contributed by atoms with Crippen LogP contribution in [0.15, 0.2) is 29.2 Å². The van der Waals surface area contributed by atoms with Gasteiger partial charge >= 0.3 is 16.1 Å². The number of aryl methyl sites for hydroxylation is 1. The van der Waals surface area contributed by atoms with Gasteiger partial charge < -0.3 is 4.18 Å². The van der Waals surface area contributed by atoms with E-state index in [2.05, 4.69) is 4.18 Å². The van der Waals surface area contributed by atoms with Crippen LogP contribution in [0.25, 0.3) is 0 Å². The summed E-state index contributed by atoms with van der Waals surface area (Å²) >= 11 is 0. The number of rotatable bonds is 2. The van der Waals surface area contributed by atoms with Gasteiger partial charge in [-0.1, -0.05) is 17.7 Å². The van der Waals surface area contributed by atoms with Gasteiger partial charge in [0, 0.05) is 36.5 Å². The monoisotopic (exact) mass is 237 g/mol. The van der Waals surface area contributed by atoms with Crippen molar-refractivity contribution in [3.05, 3.63) is 29.8 Å². The van der Waals surface area contributed by atoms with Crippen LogP contribution in [0.5, 0.6) is 0 Å². The van der Waals surface area contributed by atoms with E-state index in [-0.39, 0.29) is 34.5 Å².